The van der Waals surface area contributed by atoms with Crippen LogP contribution in [0.5, 0.6) is 5.88 Å². The lowest BCUT2D eigenvalue weighted by Crippen LogP contribution is -2.30. The van der Waals surface area contributed by atoms with Crippen LogP contribution in [0.4, 0.5) is 5.82 Å². The average Bonchev–Trinajstić information content (AvgIpc) is 2.73. The highest BCUT2D eigenvalue weighted by molar-refractivity contribution is 5.45. The number of ether oxygens (including phenoxy) is 1. The molecule has 0 bridgehead atoms. The predicted molar refractivity (Wildman–Crippen MR) is 65.4 cm³/mol. The molecular weight excluding hydrogens is 234 g/mol. The van der Waals surface area contributed by atoms with Gasteiger partial charge in [-0.2, -0.15) is 5.10 Å². The number of aromatic nitrogens is 4. The van der Waals surface area contributed by atoms with Gasteiger partial charge in [-0.3, -0.25) is 15.5 Å². The van der Waals surface area contributed by atoms with Gasteiger partial charge in [-0.25, -0.2) is 10.4 Å². The van der Waals surface area contributed by atoms with E-state index < -0.39 is 6.04 Å². The number of nitrogens with zero attached hydrogens (tertiary/aromatic N) is 4. The maximum atomic E-state index is 5.92. The van der Waals surface area contributed by atoms with Gasteiger partial charge in [0.05, 0.1) is 19.3 Å². The first-order chi connectivity index (χ1) is 8.69. The van der Waals surface area contributed by atoms with Crippen LogP contribution >= 0.6 is 0 Å². The number of nitrogens with two attached hydrogens (primary N) is 2. The van der Waals surface area contributed by atoms with E-state index >= 15 is 0 Å². The Balaban J connectivity index is 2.48. The molecule has 0 aromatic carbocycles. The molecule has 8 nitrogen and oxygen atoms in total. The van der Waals surface area contributed by atoms with Gasteiger partial charge in [-0.05, 0) is 0 Å². The van der Waals surface area contributed by atoms with Gasteiger partial charge in [-0.15, -0.1) is 0 Å². The van der Waals surface area contributed by atoms with Crippen LogP contribution in [0.15, 0.2) is 18.6 Å². The summed E-state index contributed by atoms with van der Waals surface area (Å²) in [6, 6.07) is -0.428. The third-order valence-corrected chi connectivity index (χ3v) is 2.65. The van der Waals surface area contributed by atoms with Gasteiger partial charge >= 0.3 is 0 Å². The lowest BCUT2D eigenvalue weighted by molar-refractivity contribution is 0.383. The Morgan fingerprint density at radius 1 is 1.39 bits per heavy atom. The normalized spacial score (nSPS) is 12.4. The molecule has 0 aliphatic rings. The van der Waals surface area contributed by atoms with E-state index in [4.69, 9.17) is 16.3 Å². The molecule has 2 heterocycles. The Labute approximate surface area is 104 Å². The molecule has 0 spiro atoms. The minimum Gasteiger partial charge on any atom is -0.480 e. The van der Waals surface area contributed by atoms with Gasteiger partial charge in [0.2, 0.25) is 5.88 Å². The van der Waals surface area contributed by atoms with Gasteiger partial charge in [-0.1, -0.05) is 0 Å². The highest BCUT2D eigenvalue weighted by atomic mass is 16.5. The summed E-state index contributed by atoms with van der Waals surface area (Å²) in [5.41, 5.74) is 9.85. The molecule has 0 saturated carbocycles. The number of aryl methyl sites for hydroxylation is 1. The largest absolute Gasteiger partial charge is 0.480 e. The maximum absolute atomic E-state index is 5.92. The minimum absolute atomic E-state index is 0.392. The van der Waals surface area contributed by atoms with Crippen molar-refractivity contribution in [3.63, 3.8) is 0 Å². The Morgan fingerprint density at radius 2 is 2.11 bits per heavy atom. The van der Waals surface area contributed by atoms with Crippen molar-refractivity contribution in [2.75, 3.05) is 12.8 Å². The van der Waals surface area contributed by atoms with E-state index in [0.717, 1.165) is 5.56 Å². The molecule has 5 N–H and O–H groups in total. The minimum atomic E-state index is -0.428. The van der Waals surface area contributed by atoms with Crippen molar-refractivity contribution in [2.45, 2.75) is 6.04 Å². The van der Waals surface area contributed by atoms with Crippen molar-refractivity contribution in [2.24, 2.45) is 12.9 Å². The summed E-state index contributed by atoms with van der Waals surface area (Å²) in [7, 11) is 3.27. The monoisotopic (exact) mass is 249 g/mol. The Morgan fingerprint density at radius 3 is 2.67 bits per heavy atom. The van der Waals surface area contributed by atoms with Crippen LogP contribution in [0.2, 0.25) is 0 Å². The van der Waals surface area contributed by atoms with E-state index in [1.54, 1.807) is 30.3 Å². The van der Waals surface area contributed by atoms with Crippen molar-refractivity contribution in [3.8, 4) is 5.88 Å². The third kappa shape index (κ3) is 1.98. The lowest BCUT2D eigenvalue weighted by Gasteiger charge is -2.16. The van der Waals surface area contributed by atoms with E-state index in [-0.39, 0.29) is 0 Å². The molecule has 2 aromatic heterocycles. The number of anilines is 1. The highest BCUT2D eigenvalue weighted by Crippen LogP contribution is 2.28. The lowest BCUT2D eigenvalue weighted by atomic mass is 10.1. The van der Waals surface area contributed by atoms with Crippen LogP contribution in [0.1, 0.15) is 17.3 Å². The van der Waals surface area contributed by atoms with Crippen LogP contribution in [0.3, 0.4) is 0 Å². The summed E-state index contributed by atoms with van der Waals surface area (Å²) in [5.74, 6) is 6.47. The van der Waals surface area contributed by atoms with Crippen LogP contribution in [0, 0.1) is 0 Å². The molecule has 8 heteroatoms. The van der Waals surface area contributed by atoms with Gasteiger partial charge in [0, 0.05) is 25.0 Å². The van der Waals surface area contributed by atoms with Gasteiger partial charge in [0.25, 0.3) is 0 Å². The number of hydrogen-bond donors (Lipinski definition) is 3. The molecule has 0 radical (unpaired) electrons. The Hall–Kier alpha value is -2.19. The maximum Gasteiger partial charge on any atom is 0.237 e. The molecule has 1 unspecified atom stereocenters. The molecule has 0 fully saturated rings. The zero-order valence-electron chi connectivity index (χ0n) is 10.2. The second kappa shape index (κ2) is 4.98. The van der Waals surface area contributed by atoms with E-state index in [0.29, 0.717) is 17.4 Å². The van der Waals surface area contributed by atoms with E-state index in [2.05, 4.69) is 20.5 Å². The van der Waals surface area contributed by atoms with Crippen molar-refractivity contribution in [3.05, 3.63) is 29.8 Å². The summed E-state index contributed by atoms with van der Waals surface area (Å²) < 4.78 is 6.72. The van der Waals surface area contributed by atoms with Crippen molar-refractivity contribution >= 4 is 5.82 Å². The van der Waals surface area contributed by atoms with Crippen molar-refractivity contribution < 1.29 is 4.74 Å². The van der Waals surface area contributed by atoms with Crippen molar-refractivity contribution in [1.82, 2.24) is 25.2 Å². The fourth-order valence-corrected chi connectivity index (χ4v) is 1.69. The molecule has 96 valence electrons. The molecule has 18 heavy (non-hydrogen) atoms. The summed E-state index contributed by atoms with van der Waals surface area (Å²) in [4.78, 5) is 8.30. The zero-order chi connectivity index (χ0) is 13.1. The molecule has 0 aliphatic heterocycles. The fraction of sp³-hybridized carbons (Fsp3) is 0.300. The summed E-state index contributed by atoms with van der Waals surface area (Å²) >= 11 is 0. The van der Waals surface area contributed by atoms with Crippen LogP contribution in [-0.4, -0.2) is 26.9 Å². The topological polar surface area (TPSA) is 117 Å². The van der Waals surface area contributed by atoms with Gasteiger partial charge in [0.1, 0.15) is 11.5 Å². The van der Waals surface area contributed by atoms with Crippen LogP contribution < -0.4 is 21.7 Å². The first-order valence-corrected chi connectivity index (χ1v) is 5.27. The number of rotatable bonds is 4. The summed E-state index contributed by atoms with van der Waals surface area (Å²) in [6.07, 6.45) is 4.74. The molecule has 2 rings (SSSR count). The molecule has 2 aromatic rings. The number of nitrogens with one attached hydrogen (secondary N) is 1. The second-order valence-electron chi connectivity index (χ2n) is 3.66. The second-order valence-corrected chi connectivity index (χ2v) is 3.66. The predicted octanol–water partition coefficient (Wildman–Crippen LogP) is -0.646. The quantitative estimate of drug-likeness (QED) is 0.487. The number of methoxy groups -OCH3 is 1. The molecule has 0 saturated heterocycles. The highest BCUT2D eigenvalue weighted by Gasteiger charge is 2.23. The van der Waals surface area contributed by atoms with E-state index in [1.807, 2.05) is 0 Å². The van der Waals surface area contributed by atoms with Crippen LogP contribution in [-0.2, 0) is 7.05 Å². The van der Waals surface area contributed by atoms with Crippen molar-refractivity contribution in [1.29, 1.82) is 0 Å². The number of hydrogen-bond acceptors (Lipinski definition) is 7. The molecular formula is C10H15N7O. The van der Waals surface area contributed by atoms with Gasteiger partial charge < -0.3 is 10.5 Å². The Kier molecular flexibility index (Phi) is 3.40. The first kappa shape index (κ1) is 12.3. The first-order valence-electron chi connectivity index (χ1n) is 5.27. The summed E-state index contributed by atoms with van der Waals surface area (Å²) in [6.45, 7) is 0. The smallest absolute Gasteiger partial charge is 0.237 e. The van der Waals surface area contributed by atoms with E-state index in [9.17, 15) is 0 Å². The van der Waals surface area contributed by atoms with Crippen LogP contribution in [0.25, 0.3) is 0 Å². The average molecular weight is 249 g/mol. The SMILES string of the molecule is COc1nccnc1C(NN)c1cnn(C)c1N. The van der Waals surface area contributed by atoms with Gasteiger partial charge in [0.15, 0.2) is 0 Å². The zero-order valence-corrected chi connectivity index (χ0v) is 10.2. The standard InChI is InChI=1S/C10H15N7O/c1-17-9(11)6(5-15-17)7(16-12)8-10(18-2)14-4-3-13-8/h3-5,7,16H,11-12H2,1-2H3. The number of nitrogen functional groups attached to an aromatic ring is 1. The summed E-state index contributed by atoms with van der Waals surface area (Å²) in [5, 5.41) is 4.07. The molecule has 0 amide bonds. The fourth-order valence-electron chi connectivity index (χ4n) is 1.69. The third-order valence-electron chi connectivity index (χ3n) is 2.65. The molecule has 1 atom stereocenters. The Bertz CT molecular complexity index is 539. The number of hydrazine groups is 1. The van der Waals surface area contributed by atoms with E-state index in [1.165, 1.54) is 7.11 Å². The molecule has 0 aliphatic carbocycles.